The molecule has 0 unspecified atom stereocenters. The summed E-state index contributed by atoms with van der Waals surface area (Å²) < 4.78 is 7.23. The lowest BCUT2D eigenvalue weighted by Gasteiger charge is -2.28. The van der Waals surface area contributed by atoms with Gasteiger partial charge in [-0.05, 0) is 36.1 Å². The van der Waals surface area contributed by atoms with Gasteiger partial charge in [0, 0.05) is 11.2 Å². The second-order valence-corrected chi connectivity index (χ2v) is 11.8. The van der Waals surface area contributed by atoms with E-state index in [2.05, 4.69) is 83.3 Å². The molecule has 21 heavy (non-hydrogen) atoms. The molecule has 0 fully saturated rings. The van der Waals surface area contributed by atoms with Gasteiger partial charge in [-0.2, -0.15) is 0 Å². The molecule has 0 aromatic heterocycles. The molecule has 1 nitrogen and oxygen atoms in total. The highest BCUT2D eigenvalue weighted by Crippen LogP contribution is 2.24. The van der Waals surface area contributed by atoms with Crippen LogP contribution in [0.3, 0.4) is 0 Å². The molecule has 0 heterocycles. The van der Waals surface area contributed by atoms with Gasteiger partial charge in [0.1, 0.15) is 0 Å². The van der Waals surface area contributed by atoms with Crippen molar-refractivity contribution in [2.75, 3.05) is 11.2 Å². The normalized spacial score (nSPS) is 11.5. The van der Waals surface area contributed by atoms with Crippen LogP contribution in [-0.2, 0) is 17.3 Å². The summed E-state index contributed by atoms with van der Waals surface area (Å²) in [6.45, 7) is 0. The van der Waals surface area contributed by atoms with Crippen LogP contribution in [0.25, 0.3) is 0 Å². The topological polar surface area (TPSA) is 9.23 Å². The summed E-state index contributed by atoms with van der Waals surface area (Å²) in [6, 6.07) is 24.0. The quantitative estimate of drug-likeness (QED) is 0.337. The van der Waals surface area contributed by atoms with Crippen molar-refractivity contribution in [1.82, 2.24) is 0 Å². The Morgan fingerprint density at radius 2 is 1.24 bits per heavy atom. The van der Waals surface area contributed by atoms with Crippen molar-refractivity contribution in [3.63, 3.8) is 0 Å². The maximum atomic E-state index is 6.06. The van der Waals surface area contributed by atoms with Crippen LogP contribution in [0.15, 0.2) is 60.7 Å². The first kappa shape index (κ1) is 16.7. The highest BCUT2D eigenvalue weighted by atomic mass is 127. The van der Waals surface area contributed by atoms with Crippen LogP contribution in [0.2, 0.25) is 12.1 Å². The third-order valence-corrected chi connectivity index (χ3v) is 11.9. The minimum Gasteiger partial charge on any atom is -0.419 e. The Labute approximate surface area is 143 Å². The molecule has 0 radical (unpaired) electrons. The van der Waals surface area contributed by atoms with E-state index in [0.29, 0.717) is 0 Å². The van der Waals surface area contributed by atoms with Gasteiger partial charge in [0.2, 0.25) is 8.32 Å². The third-order valence-electron chi connectivity index (χ3n) is 4.10. The van der Waals surface area contributed by atoms with Crippen LogP contribution in [-0.4, -0.2) is 19.5 Å². The molecule has 0 amide bonds. The smallest absolute Gasteiger partial charge is 0.202 e. The molecule has 112 valence electrons. The summed E-state index contributed by atoms with van der Waals surface area (Å²) in [7, 11) is 0.295. The molecule has 0 saturated heterocycles. The molecule has 2 aromatic carbocycles. The Morgan fingerprint density at radius 1 is 0.810 bits per heavy atom. The van der Waals surface area contributed by atoms with Crippen molar-refractivity contribution in [2.45, 2.75) is 24.9 Å². The van der Waals surface area contributed by atoms with E-state index in [-0.39, 0.29) is 0 Å². The maximum absolute atomic E-state index is 6.06. The molecule has 2 aromatic rings. The van der Waals surface area contributed by atoms with E-state index in [0.717, 1.165) is 12.8 Å². The first-order chi connectivity index (χ1) is 10.3. The molecule has 0 aliphatic carbocycles. The monoisotopic (exact) mass is 410 g/mol. The zero-order valence-corrected chi connectivity index (χ0v) is 15.8. The standard InChI is InChI=1S/C18H23IOSi/c1-20-21(16-19,14-12-17-8-4-2-5-9-17)15-13-18-10-6-3-7-11-18/h2-11H,12-16H2,1H3. The fourth-order valence-electron chi connectivity index (χ4n) is 2.55. The van der Waals surface area contributed by atoms with Crippen molar-refractivity contribution in [3.05, 3.63) is 71.8 Å². The third kappa shape index (κ3) is 5.24. The van der Waals surface area contributed by atoms with E-state index in [1.165, 1.54) is 27.3 Å². The summed E-state index contributed by atoms with van der Waals surface area (Å²) >= 11 is 2.52. The van der Waals surface area contributed by atoms with E-state index in [1.807, 2.05) is 7.11 Å². The molecule has 0 aliphatic heterocycles. The van der Waals surface area contributed by atoms with Gasteiger partial charge in [-0.1, -0.05) is 83.3 Å². The van der Waals surface area contributed by atoms with Crippen LogP contribution < -0.4 is 0 Å². The molecular weight excluding hydrogens is 387 g/mol. The van der Waals surface area contributed by atoms with Gasteiger partial charge in [-0.25, -0.2) is 0 Å². The van der Waals surface area contributed by atoms with E-state index >= 15 is 0 Å². The van der Waals surface area contributed by atoms with Gasteiger partial charge in [0.05, 0.1) is 0 Å². The summed E-state index contributed by atoms with van der Waals surface area (Å²) in [4.78, 5) is 0. The molecule has 0 spiro atoms. The molecule has 0 aliphatic rings. The number of hydrogen-bond donors (Lipinski definition) is 0. The number of halogens is 1. The first-order valence-electron chi connectivity index (χ1n) is 7.47. The Hall–Kier alpha value is -0.653. The van der Waals surface area contributed by atoms with Crippen molar-refractivity contribution in [1.29, 1.82) is 0 Å². The van der Waals surface area contributed by atoms with Gasteiger partial charge in [-0.3, -0.25) is 0 Å². The van der Waals surface area contributed by atoms with Crippen molar-refractivity contribution in [3.8, 4) is 0 Å². The van der Waals surface area contributed by atoms with Crippen molar-refractivity contribution >= 4 is 30.9 Å². The fourth-order valence-corrected chi connectivity index (χ4v) is 8.30. The zero-order chi connectivity index (χ0) is 15.0. The summed E-state index contributed by atoms with van der Waals surface area (Å²) in [5, 5.41) is 0. The average molecular weight is 410 g/mol. The molecule has 0 saturated carbocycles. The van der Waals surface area contributed by atoms with Crippen LogP contribution in [0.4, 0.5) is 0 Å². The zero-order valence-electron chi connectivity index (χ0n) is 12.6. The second-order valence-electron chi connectivity index (χ2n) is 5.49. The Bertz CT molecular complexity index is 466. The maximum Gasteiger partial charge on any atom is 0.202 e. The minimum atomic E-state index is -1.62. The summed E-state index contributed by atoms with van der Waals surface area (Å²) in [6.07, 6.45) is 2.28. The van der Waals surface area contributed by atoms with Crippen LogP contribution in [0.1, 0.15) is 11.1 Å². The number of hydrogen-bond acceptors (Lipinski definition) is 1. The van der Waals surface area contributed by atoms with Crippen LogP contribution in [0.5, 0.6) is 0 Å². The Morgan fingerprint density at radius 3 is 1.57 bits per heavy atom. The lowest BCUT2D eigenvalue weighted by atomic mass is 10.2. The van der Waals surface area contributed by atoms with Crippen LogP contribution in [0, 0.1) is 0 Å². The fraction of sp³-hybridized carbons (Fsp3) is 0.333. The minimum absolute atomic E-state index is 1.14. The first-order valence-corrected chi connectivity index (χ1v) is 11.5. The number of aryl methyl sites for hydroxylation is 2. The van der Waals surface area contributed by atoms with Gasteiger partial charge in [0.25, 0.3) is 0 Å². The lowest BCUT2D eigenvalue weighted by molar-refractivity contribution is 0.395. The summed E-state index contributed by atoms with van der Waals surface area (Å²) in [5.41, 5.74) is 2.85. The highest BCUT2D eigenvalue weighted by molar-refractivity contribution is 14.1. The lowest BCUT2D eigenvalue weighted by Crippen LogP contribution is -2.40. The number of alkyl halides is 1. The predicted molar refractivity (Wildman–Crippen MR) is 102 cm³/mol. The Balaban J connectivity index is 1.95. The summed E-state index contributed by atoms with van der Waals surface area (Å²) in [5.74, 6) is 0. The number of benzene rings is 2. The highest BCUT2D eigenvalue weighted by Gasteiger charge is 2.31. The van der Waals surface area contributed by atoms with Gasteiger partial charge >= 0.3 is 0 Å². The molecule has 0 N–H and O–H groups in total. The van der Waals surface area contributed by atoms with Crippen molar-refractivity contribution < 1.29 is 4.43 Å². The van der Waals surface area contributed by atoms with E-state index < -0.39 is 8.32 Å². The molecule has 3 heteroatoms. The Kier molecular flexibility index (Phi) is 6.93. The molecule has 0 bridgehead atoms. The SMILES string of the molecule is CO[Si](CI)(CCc1ccccc1)CCc1ccccc1. The van der Waals surface area contributed by atoms with Crippen molar-refractivity contribution in [2.24, 2.45) is 0 Å². The van der Waals surface area contributed by atoms with Crippen LogP contribution >= 0.6 is 22.6 Å². The molecule has 0 atom stereocenters. The van der Waals surface area contributed by atoms with Gasteiger partial charge < -0.3 is 4.43 Å². The van der Waals surface area contributed by atoms with E-state index in [1.54, 1.807) is 0 Å². The number of rotatable bonds is 8. The molecular formula is C18H23IOSi. The largest absolute Gasteiger partial charge is 0.419 e. The van der Waals surface area contributed by atoms with E-state index in [4.69, 9.17) is 4.43 Å². The van der Waals surface area contributed by atoms with Gasteiger partial charge in [0.15, 0.2) is 0 Å². The second kappa shape index (κ2) is 8.71. The van der Waals surface area contributed by atoms with E-state index in [9.17, 15) is 0 Å². The van der Waals surface area contributed by atoms with Gasteiger partial charge in [-0.15, -0.1) is 0 Å². The predicted octanol–water partition coefficient (Wildman–Crippen LogP) is 5.04. The average Bonchev–Trinajstić information content (AvgIpc) is 2.58. The molecule has 2 rings (SSSR count).